The molecule has 78 valence electrons. The number of hydrogen-bond acceptors (Lipinski definition) is 0. The first-order valence-electron chi connectivity index (χ1n) is 5.69. The third-order valence-corrected chi connectivity index (χ3v) is 3.30. The minimum Gasteiger partial charge on any atom is -0.0691 e. The predicted molar refractivity (Wildman–Crippen MR) is 68.4 cm³/mol. The fourth-order valence-corrected chi connectivity index (χ4v) is 2.49. The van der Waals surface area contributed by atoms with Gasteiger partial charge in [0.15, 0.2) is 0 Å². The summed E-state index contributed by atoms with van der Waals surface area (Å²) in [6, 6.07) is 19.4. The first-order chi connectivity index (χ1) is 7.86. The highest BCUT2D eigenvalue weighted by Crippen LogP contribution is 2.39. The van der Waals surface area contributed by atoms with Gasteiger partial charge in [0.05, 0.1) is 0 Å². The summed E-state index contributed by atoms with van der Waals surface area (Å²) in [6.45, 7) is 2.20. The molecule has 0 aliphatic heterocycles. The fraction of sp³-hybridized carbons (Fsp3) is 0.125. The van der Waals surface area contributed by atoms with Gasteiger partial charge in [-0.3, -0.25) is 0 Å². The van der Waals surface area contributed by atoms with Gasteiger partial charge in [-0.1, -0.05) is 60.7 Å². The Morgan fingerprint density at radius 2 is 1.50 bits per heavy atom. The Kier molecular flexibility index (Phi) is 2.14. The van der Waals surface area contributed by atoms with Gasteiger partial charge in [-0.15, -0.1) is 0 Å². The van der Waals surface area contributed by atoms with E-state index in [9.17, 15) is 0 Å². The van der Waals surface area contributed by atoms with Crippen molar-refractivity contribution in [3.63, 3.8) is 0 Å². The molecule has 1 aliphatic rings. The zero-order valence-electron chi connectivity index (χ0n) is 9.35. The van der Waals surface area contributed by atoms with Crippen LogP contribution in [-0.4, -0.2) is 0 Å². The summed E-state index contributed by atoms with van der Waals surface area (Å²) in [5, 5.41) is 0. The Morgan fingerprint density at radius 3 is 2.31 bits per heavy atom. The van der Waals surface area contributed by atoms with Crippen molar-refractivity contribution in [1.29, 1.82) is 0 Å². The second-order valence-electron chi connectivity index (χ2n) is 4.33. The van der Waals surface area contributed by atoms with Crippen LogP contribution in [0.3, 0.4) is 0 Å². The zero-order valence-corrected chi connectivity index (χ0v) is 9.35. The Hall–Kier alpha value is -1.82. The van der Waals surface area contributed by atoms with Gasteiger partial charge in [-0.25, -0.2) is 0 Å². The van der Waals surface area contributed by atoms with Gasteiger partial charge in [-0.2, -0.15) is 0 Å². The fourth-order valence-electron chi connectivity index (χ4n) is 2.49. The molecule has 16 heavy (non-hydrogen) atoms. The molecule has 2 aromatic carbocycles. The molecule has 2 aromatic rings. The van der Waals surface area contributed by atoms with E-state index in [0.29, 0.717) is 5.92 Å². The van der Waals surface area contributed by atoms with E-state index in [0.717, 1.165) is 0 Å². The molecular weight excluding hydrogens is 192 g/mol. The average Bonchev–Trinajstić information content (AvgIpc) is 2.69. The Morgan fingerprint density at radius 1 is 0.812 bits per heavy atom. The van der Waals surface area contributed by atoms with Crippen molar-refractivity contribution < 1.29 is 0 Å². The SMILES string of the molecule is CC1=C[C@@H](c2ccccc2)c2ccccc21. The van der Waals surface area contributed by atoms with E-state index < -0.39 is 0 Å². The van der Waals surface area contributed by atoms with Gasteiger partial charge in [0, 0.05) is 5.92 Å². The van der Waals surface area contributed by atoms with Crippen LogP contribution in [0.4, 0.5) is 0 Å². The van der Waals surface area contributed by atoms with Gasteiger partial charge in [-0.05, 0) is 29.2 Å². The Balaban J connectivity index is 2.13. The number of fused-ring (bicyclic) bond motifs is 1. The maximum absolute atomic E-state index is 2.36. The first kappa shape index (κ1) is 9.41. The van der Waals surface area contributed by atoms with Gasteiger partial charge in [0.1, 0.15) is 0 Å². The highest BCUT2D eigenvalue weighted by atomic mass is 14.2. The summed E-state index contributed by atoms with van der Waals surface area (Å²) in [7, 11) is 0. The molecule has 0 saturated carbocycles. The van der Waals surface area contributed by atoms with Gasteiger partial charge in [0.2, 0.25) is 0 Å². The molecule has 0 radical (unpaired) electrons. The third-order valence-electron chi connectivity index (χ3n) is 3.30. The molecule has 0 fully saturated rings. The van der Waals surface area contributed by atoms with E-state index in [2.05, 4.69) is 67.6 Å². The first-order valence-corrected chi connectivity index (χ1v) is 5.69. The molecule has 0 amide bonds. The number of benzene rings is 2. The summed E-state index contributed by atoms with van der Waals surface area (Å²) in [4.78, 5) is 0. The highest BCUT2D eigenvalue weighted by molar-refractivity contribution is 5.75. The van der Waals surface area contributed by atoms with Crippen molar-refractivity contribution >= 4 is 5.57 Å². The normalized spacial score (nSPS) is 18.1. The molecule has 1 atom stereocenters. The van der Waals surface area contributed by atoms with Crippen molar-refractivity contribution in [1.82, 2.24) is 0 Å². The molecule has 1 aliphatic carbocycles. The average molecular weight is 206 g/mol. The van der Waals surface area contributed by atoms with E-state index in [-0.39, 0.29) is 0 Å². The van der Waals surface area contributed by atoms with Crippen molar-refractivity contribution in [3.05, 3.63) is 77.4 Å². The smallest absolute Gasteiger partial charge is 0.0281 e. The molecule has 0 N–H and O–H groups in total. The zero-order chi connectivity index (χ0) is 11.0. The largest absolute Gasteiger partial charge is 0.0691 e. The van der Waals surface area contributed by atoms with E-state index in [1.165, 1.54) is 22.3 Å². The Labute approximate surface area is 96.3 Å². The monoisotopic (exact) mass is 206 g/mol. The van der Waals surface area contributed by atoms with Gasteiger partial charge in [0.25, 0.3) is 0 Å². The quantitative estimate of drug-likeness (QED) is 0.654. The standard InChI is InChI=1S/C16H14/c1-12-11-16(13-7-3-2-4-8-13)15-10-6-5-9-14(12)15/h2-11,16H,1H3/t16-/m0/s1. The van der Waals surface area contributed by atoms with Gasteiger partial charge >= 0.3 is 0 Å². The molecule has 0 bridgehead atoms. The predicted octanol–water partition coefficient (Wildman–Crippen LogP) is 4.24. The highest BCUT2D eigenvalue weighted by Gasteiger charge is 2.21. The lowest BCUT2D eigenvalue weighted by molar-refractivity contribution is 1.05. The van der Waals surface area contributed by atoms with Crippen LogP contribution in [0, 0.1) is 0 Å². The van der Waals surface area contributed by atoms with E-state index in [1.54, 1.807) is 0 Å². The number of hydrogen-bond donors (Lipinski definition) is 0. The summed E-state index contributed by atoms with van der Waals surface area (Å²) in [6.07, 6.45) is 2.36. The van der Waals surface area contributed by atoms with Crippen LogP contribution in [0.2, 0.25) is 0 Å². The minimum atomic E-state index is 0.442. The van der Waals surface area contributed by atoms with E-state index >= 15 is 0 Å². The Bertz CT molecular complexity index is 535. The lowest BCUT2D eigenvalue weighted by Crippen LogP contribution is -1.94. The van der Waals surface area contributed by atoms with Crippen molar-refractivity contribution in [2.45, 2.75) is 12.8 Å². The van der Waals surface area contributed by atoms with Crippen molar-refractivity contribution in [2.75, 3.05) is 0 Å². The molecule has 0 aromatic heterocycles. The topological polar surface area (TPSA) is 0 Å². The van der Waals surface area contributed by atoms with Crippen LogP contribution >= 0.6 is 0 Å². The maximum atomic E-state index is 2.36. The number of rotatable bonds is 1. The summed E-state index contributed by atoms with van der Waals surface area (Å²) in [5.41, 5.74) is 5.61. The molecule has 0 unspecified atom stereocenters. The molecule has 3 rings (SSSR count). The lowest BCUT2D eigenvalue weighted by atomic mass is 9.93. The van der Waals surface area contributed by atoms with Gasteiger partial charge < -0.3 is 0 Å². The van der Waals surface area contributed by atoms with Crippen LogP contribution in [0.15, 0.2) is 60.7 Å². The van der Waals surface area contributed by atoms with E-state index in [4.69, 9.17) is 0 Å². The second kappa shape index (κ2) is 3.64. The molecule has 0 nitrogen and oxygen atoms in total. The third kappa shape index (κ3) is 1.38. The van der Waals surface area contributed by atoms with Crippen molar-refractivity contribution in [2.24, 2.45) is 0 Å². The summed E-state index contributed by atoms with van der Waals surface area (Å²) < 4.78 is 0. The number of allylic oxidation sites excluding steroid dienone is 2. The summed E-state index contributed by atoms with van der Waals surface area (Å²) in [5.74, 6) is 0.442. The molecule has 0 saturated heterocycles. The maximum Gasteiger partial charge on any atom is 0.0281 e. The van der Waals surface area contributed by atoms with Crippen LogP contribution in [0.25, 0.3) is 5.57 Å². The van der Waals surface area contributed by atoms with Crippen molar-refractivity contribution in [3.8, 4) is 0 Å². The molecule has 0 spiro atoms. The molecule has 0 heteroatoms. The lowest BCUT2D eigenvalue weighted by Gasteiger charge is -2.10. The molecular formula is C16H14. The van der Waals surface area contributed by atoms with Crippen LogP contribution < -0.4 is 0 Å². The van der Waals surface area contributed by atoms with E-state index in [1.807, 2.05) is 0 Å². The van der Waals surface area contributed by atoms with Crippen LogP contribution in [0.1, 0.15) is 29.5 Å². The van der Waals surface area contributed by atoms with Crippen LogP contribution in [-0.2, 0) is 0 Å². The van der Waals surface area contributed by atoms with Crippen LogP contribution in [0.5, 0.6) is 0 Å². The second-order valence-corrected chi connectivity index (χ2v) is 4.33. The summed E-state index contributed by atoms with van der Waals surface area (Å²) >= 11 is 0. The molecule has 0 heterocycles. The minimum absolute atomic E-state index is 0.442.